The molecule has 1 aliphatic heterocycles. The number of carbonyl (C=O) groups is 4. The van der Waals surface area contributed by atoms with Crippen molar-refractivity contribution in [3.63, 3.8) is 0 Å². The number of benzene rings is 1. The second-order valence-electron chi connectivity index (χ2n) is 5.56. The Morgan fingerprint density at radius 3 is 2.69 bits per heavy atom. The van der Waals surface area contributed by atoms with E-state index in [1.54, 1.807) is 24.3 Å². The fourth-order valence-electron chi connectivity index (χ4n) is 2.41. The molecule has 4 amide bonds. The summed E-state index contributed by atoms with van der Waals surface area (Å²) in [7, 11) is 1.46. The highest BCUT2D eigenvalue weighted by Gasteiger charge is 2.31. The molecule has 9 nitrogen and oxygen atoms in total. The average molecular weight is 363 g/mol. The lowest BCUT2D eigenvalue weighted by Gasteiger charge is -2.18. The summed E-state index contributed by atoms with van der Waals surface area (Å²) in [5.74, 6) is -1.18. The molecule has 0 aromatic heterocycles. The molecule has 0 saturated carbocycles. The molecule has 0 bridgehead atoms. The molecule has 1 fully saturated rings. The number of para-hydroxylation sites is 1. The number of rotatable bonds is 7. The molecule has 1 aliphatic rings. The lowest BCUT2D eigenvalue weighted by molar-refractivity contribution is -0.157. The minimum absolute atomic E-state index is 0.0425. The molecular formula is C17H21N3O6. The lowest BCUT2D eigenvalue weighted by Crippen LogP contribution is -2.42. The van der Waals surface area contributed by atoms with Crippen LogP contribution in [-0.2, 0) is 14.3 Å². The van der Waals surface area contributed by atoms with E-state index in [0.29, 0.717) is 17.9 Å². The smallest absolute Gasteiger partial charge is 0.324 e. The van der Waals surface area contributed by atoms with E-state index in [1.807, 2.05) is 0 Å². The summed E-state index contributed by atoms with van der Waals surface area (Å²) >= 11 is 0. The van der Waals surface area contributed by atoms with E-state index in [4.69, 9.17) is 9.47 Å². The second-order valence-corrected chi connectivity index (χ2v) is 5.56. The Bertz CT molecular complexity index is 705. The number of ether oxygens (including phenoxy) is 2. The molecule has 1 aromatic carbocycles. The summed E-state index contributed by atoms with van der Waals surface area (Å²) in [5, 5.41) is 5.09. The Hall–Kier alpha value is -3.10. The van der Waals surface area contributed by atoms with Crippen LogP contribution in [0.5, 0.6) is 5.75 Å². The van der Waals surface area contributed by atoms with E-state index in [0.717, 1.165) is 4.90 Å². The third-order valence-corrected chi connectivity index (χ3v) is 3.75. The van der Waals surface area contributed by atoms with Crippen molar-refractivity contribution in [3.8, 4) is 5.75 Å². The number of esters is 1. The van der Waals surface area contributed by atoms with Crippen molar-refractivity contribution in [2.75, 3.05) is 26.7 Å². The first kappa shape index (κ1) is 19.2. The van der Waals surface area contributed by atoms with Gasteiger partial charge in [0.05, 0.1) is 19.1 Å². The predicted molar refractivity (Wildman–Crippen MR) is 90.6 cm³/mol. The van der Waals surface area contributed by atoms with Gasteiger partial charge in [0.1, 0.15) is 5.75 Å². The van der Waals surface area contributed by atoms with Gasteiger partial charge in [0.2, 0.25) is 0 Å². The third-order valence-electron chi connectivity index (χ3n) is 3.75. The highest BCUT2D eigenvalue weighted by molar-refractivity contribution is 5.98. The SMILES string of the molecule is COc1ccccc1C(=O)NCCC(=O)O[C@H](C)C(=O)N1CCNC1=O. The molecule has 26 heavy (non-hydrogen) atoms. The summed E-state index contributed by atoms with van der Waals surface area (Å²) in [6.07, 6.45) is -1.18. The van der Waals surface area contributed by atoms with Gasteiger partial charge in [-0.3, -0.25) is 19.3 Å². The normalized spacial score (nSPS) is 14.4. The van der Waals surface area contributed by atoms with Crippen LogP contribution < -0.4 is 15.4 Å². The zero-order chi connectivity index (χ0) is 19.1. The Labute approximate surface area is 150 Å². The first-order valence-corrected chi connectivity index (χ1v) is 8.14. The van der Waals surface area contributed by atoms with Crippen LogP contribution in [0.4, 0.5) is 4.79 Å². The maximum Gasteiger partial charge on any atom is 0.324 e. The van der Waals surface area contributed by atoms with Gasteiger partial charge < -0.3 is 20.1 Å². The molecule has 140 valence electrons. The van der Waals surface area contributed by atoms with Gasteiger partial charge in [-0.1, -0.05) is 12.1 Å². The Balaban J connectivity index is 1.77. The van der Waals surface area contributed by atoms with Crippen LogP contribution in [0.25, 0.3) is 0 Å². The van der Waals surface area contributed by atoms with Crippen molar-refractivity contribution in [1.29, 1.82) is 0 Å². The summed E-state index contributed by atoms with van der Waals surface area (Å²) in [6, 6.07) is 6.21. The molecule has 1 saturated heterocycles. The number of hydrogen-bond acceptors (Lipinski definition) is 6. The summed E-state index contributed by atoms with van der Waals surface area (Å²) < 4.78 is 10.1. The van der Waals surface area contributed by atoms with Crippen molar-refractivity contribution in [1.82, 2.24) is 15.5 Å². The molecule has 0 aliphatic carbocycles. The van der Waals surface area contributed by atoms with Crippen LogP contribution in [0.15, 0.2) is 24.3 Å². The monoisotopic (exact) mass is 363 g/mol. The van der Waals surface area contributed by atoms with Crippen LogP contribution in [0.2, 0.25) is 0 Å². The van der Waals surface area contributed by atoms with Gasteiger partial charge in [-0.2, -0.15) is 0 Å². The van der Waals surface area contributed by atoms with Gasteiger partial charge in [0, 0.05) is 19.6 Å². The van der Waals surface area contributed by atoms with Gasteiger partial charge in [-0.15, -0.1) is 0 Å². The van der Waals surface area contributed by atoms with Gasteiger partial charge in [0.25, 0.3) is 11.8 Å². The van der Waals surface area contributed by atoms with Crippen LogP contribution >= 0.6 is 0 Å². The number of nitrogens with one attached hydrogen (secondary N) is 2. The van der Waals surface area contributed by atoms with Crippen molar-refractivity contribution in [2.45, 2.75) is 19.4 Å². The zero-order valence-corrected chi connectivity index (χ0v) is 14.6. The van der Waals surface area contributed by atoms with E-state index in [9.17, 15) is 19.2 Å². The molecule has 2 N–H and O–H groups in total. The van der Waals surface area contributed by atoms with E-state index in [2.05, 4.69) is 10.6 Å². The number of methoxy groups -OCH3 is 1. The lowest BCUT2D eigenvalue weighted by atomic mass is 10.2. The largest absolute Gasteiger partial charge is 0.496 e. The second kappa shape index (κ2) is 8.84. The molecule has 1 heterocycles. The first-order chi connectivity index (χ1) is 12.4. The van der Waals surface area contributed by atoms with E-state index in [1.165, 1.54) is 14.0 Å². The molecular weight excluding hydrogens is 342 g/mol. The van der Waals surface area contributed by atoms with Gasteiger partial charge >= 0.3 is 12.0 Å². The fraction of sp³-hybridized carbons (Fsp3) is 0.412. The van der Waals surface area contributed by atoms with Crippen LogP contribution in [0.3, 0.4) is 0 Å². The Morgan fingerprint density at radius 2 is 2.04 bits per heavy atom. The molecule has 2 rings (SSSR count). The Kier molecular flexibility index (Phi) is 6.54. The van der Waals surface area contributed by atoms with Crippen LogP contribution in [0, 0.1) is 0 Å². The highest BCUT2D eigenvalue weighted by Crippen LogP contribution is 2.16. The maximum absolute atomic E-state index is 12.1. The maximum atomic E-state index is 12.1. The van der Waals surface area contributed by atoms with Gasteiger partial charge in [-0.25, -0.2) is 4.79 Å². The van der Waals surface area contributed by atoms with Crippen molar-refractivity contribution < 1.29 is 28.7 Å². The standard InChI is InChI=1S/C17H21N3O6/c1-11(16(23)20-10-9-19-17(20)24)26-14(21)7-8-18-15(22)12-5-3-4-6-13(12)25-2/h3-6,11H,7-10H2,1-2H3,(H,18,22)(H,19,24)/t11-/m1/s1. The molecule has 0 unspecified atom stereocenters. The predicted octanol–water partition coefficient (Wildman–Crippen LogP) is 0.299. The minimum atomic E-state index is -1.07. The van der Waals surface area contributed by atoms with E-state index in [-0.39, 0.29) is 25.4 Å². The molecule has 0 spiro atoms. The molecule has 1 aromatic rings. The topological polar surface area (TPSA) is 114 Å². The molecule has 1 atom stereocenters. The number of urea groups is 1. The third kappa shape index (κ3) is 4.71. The van der Waals surface area contributed by atoms with E-state index < -0.39 is 24.0 Å². The summed E-state index contributed by atoms with van der Waals surface area (Å²) in [6.45, 7) is 2.06. The van der Waals surface area contributed by atoms with Gasteiger partial charge in [0.15, 0.2) is 6.10 Å². The molecule has 9 heteroatoms. The number of amides is 4. The van der Waals surface area contributed by atoms with E-state index >= 15 is 0 Å². The van der Waals surface area contributed by atoms with Crippen molar-refractivity contribution in [2.24, 2.45) is 0 Å². The van der Waals surface area contributed by atoms with Crippen molar-refractivity contribution >= 4 is 23.8 Å². The summed E-state index contributed by atoms with van der Waals surface area (Å²) in [4.78, 5) is 48.4. The zero-order valence-electron chi connectivity index (χ0n) is 14.6. The quantitative estimate of drug-likeness (QED) is 0.674. The number of carbonyl (C=O) groups excluding carboxylic acids is 4. The number of imide groups is 1. The van der Waals surface area contributed by atoms with Crippen LogP contribution in [0.1, 0.15) is 23.7 Å². The molecule has 0 radical (unpaired) electrons. The summed E-state index contributed by atoms with van der Waals surface area (Å²) in [5.41, 5.74) is 0.354. The highest BCUT2D eigenvalue weighted by atomic mass is 16.5. The van der Waals surface area contributed by atoms with Gasteiger partial charge in [-0.05, 0) is 19.1 Å². The average Bonchev–Trinajstić information content (AvgIpc) is 3.06. The van der Waals surface area contributed by atoms with Crippen molar-refractivity contribution in [3.05, 3.63) is 29.8 Å². The van der Waals surface area contributed by atoms with Crippen LogP contribution in [-0.4, -0.2) is 61.6 Å². The minimum Gasteiger partial charge on any atom is -0.496 e. The first-order valence-electron chi connectivity index (χ1n) is 8.14. The fourth-order valence-corrected chi connectivity index (χ4v) is 2.41. The number of nitrogens with zero attached hydrogens (tertiary/aromatic N) is 1. The number of hydrogen-bond donors (Lipinski definition) is 2. The Morgan fingerprint density at radius 1 is 1.31 bits per heavy atom.